The van der Waals surface area contributed by atoms with Crippen LogP contribution in [-0.2, 0) is 6.42 Å². The maximum Gasteiger partial charge on any atom is 0.127 e. The van der Waals surface area contributed by atoms with Gasteiger partial charge in [-0.2, -0.15) is 0 Å². The minimum absolute atomic E-state index is 0.269. The standard InChI is InChI=1S/C19H24O4/c1-5-6-7-13-10-15(22-3)12-17(19(13)20)16-11-14(21-2)8-9-18(16)23-4/h8-12,20H,5-7H2,1-4H3. The Labute approximate surface area is 137 Å². The smallest absolute Gasteiger partial charge is 0.127 e. The summed E-state index contributed by atoms with van der Waals surface area (Å²) in [5.41, 5.74) is 2.35. The zero-order valence-corrected chi connectivity index (χ0v) is 14.2. The molecule has 0 fully saturated rings. The normalized spacial score (nSPS) is 10.4. The van der Waals surface area contributed by atoms with Crippen LogP contribution in [0.25, 0.3) is 11.1 Å². The molecule has 0 amide bonds. The van der Waals surface area contributed by atoms with E-state index >= 15 is 0 Å². The monoisotopic (exact) mass is 316 g/mol. The minimum Gasteiger partial charge on any atom is -0.507 e. The summed E-state index contributed by atoms with van der Waals surface area (Å²) >= 11 is 0. The fourth-order valence-corrected chi connectivity index (χ4v) is 2.57. The lowest BCUT2D eigenvalue weighted by atomic mass is 9.97. The number of methoxy groups -OCH3 is 3. The first-order valence-electron chi connectivity index (χ1n) is 7.76. The Balaban J connectivity index is 2.61. The quantitative estimate of drug-likeness (QED) is 0.821. The molecule has 2 aromatic carbocycles. The van der Waals surface area contributed by atoms with Crippen molar-refractivity contribution in [2.24, 2.45) is 0 Å². The number of benzene rings is 2. The Morgan fingerprint density at radius 1 is 0.870 bits per heavy atom. The molecule has 0 aromatic heterocycles. The zero-order chi connectivity index (χ0) is 16.8. The summed E-state index contributed by atoms with van der Waals surface area (Å²) in [4.78, 5) is 0. The molecule has 0 saturated carbocycles. The number of unbranched alkanes of at least 4 members (excludes halogenated alkanes) is 1. The average molecular weight is 316 g/mol. The molecule has 23 heavy (non-hydrogen) atoms. The molecule has 4 heteroatoms. The van der Waals surface area contributed by atoms with Gasteiger partial charge in [0.25, 0.3) is 0 Å². The first-order chi connectivity index (χ1) is 11.1. The van der Waals surface area contributed by atoms with Gasteiger partial charge in [0, 0.05) is 11.1 Å². The largest absolute Gasteiger partial charge is 0.507 e. The topological polar surface area (TPSA) is 47.9 Å². The minimum atomic E-state index is 0.269. The van der Waals surface area contributed by atoms with E-state index < -0.39 is 0 Å². The molecule has 1 N–H and O–H groups in total. The molecular weight excluding hydrogens is 292 g/mol. The van der Waals surface area contributed by atoms with Crippen molar-refractivity contribution in [2.45, 2.75) is 26.2 Å². The van der Waals surface area contributed by atoms with Gasteiger partial charge < -0.3 is 19.3 Å². The number of hydrogen-bond acceptors (Lipinski definition) is 4. The molecule has 0 aliphatic rings. The fraction of sp³-hybridized carbons (Fsp3) is 0.368. The van der Waals surface area contributed by atoms with Crippen molar-refractivity contribution in [1.82, 2.24) is 0 Å². The summed E-state index contributed by atoms with van der Waals surface area (Å²) in [6, 6.07) is 9.23. The van der Waals surface area contributed by atoms with E-state index in [1.807, 2.05) is 30.3 Å². The van der Waals surface area contributed by atoms with Gasteiger partial charge in [0.2, 0.25) is 0 Å². The van der Waals surface area contributed by atoms with Crippen LogP contribution < -0.4 is 14.2 Å². The molecule has 4 nitrogen and oxygen atoms in total. The molecule has 0 unspecified atom stereocenters. The van der Waals surface area contributed by atoms with Crippen LogP contribution in [0.2, 0.25) is 0 Å². The number of phenolic OH excluding ortho intramolecular Hbond substituents is 1. The highest BCUT2D eigenvalue weighted by atomic mass is 16.5. The third kappa shape index (κ3) is 3.70. The first-order valence-corrected chi connectivity index (χ1v) is 7.76. The Hall–Kier alpha value is -2.36. The summed E-state index contributed by atoms with van der Waals surface area (Å²) in [5, 5.41) is 10.7. The molecule has 0 aliphatic carbocycles. The lowest BCUT2D eigenvalue weighted by molar-refractivity contribution is 0.403. The van der Waals surface area contributed by atoms with E-state index in [0.717, 1.165) is 30.4 Å². The van der Waals surface area contributed by atoms with Crippen LogP contribution in [0.15, 0.2) is 30.3 Å². The molecule has 0 spiro atoms. The number of rotatable bonds is 7. The summed E-state index contributed by atoms with van der Waals surface area (Å²) in [7, 11) is 4.85. The van der Waals surface area contributed by atoms with E-state index in [4.69, 9.17) is 14.2 Å². The van der Waals surface area contributed by atoms with Crippen LogP contribution in [0.3, 0.4) is 0 Å². The fourth-order valence-electron chi connectivity index (χ4n) is 2.57. The lowest BCUT2D eigenvalue weighted by Gasteiger charge is -2.16. The van der Waals surface area contributed by atoms with Gasteiger partial charge in [-0.05, 0) is 48.7 Å². The predicted molar refractivity (Wildman–Crippen MR) is 91.8 cm³/mol. The summed E-state index contributed by atoms with van der Waals surface area (Å²) in [6.45, 7) is 2.13. The molecule has 2 aromatic rings. The zero-order valence-electron chi connectivity index (χ0n) is 14.2. The molecule has 2 rings (SSSR count). The number of aryl methyl sites for hydroxylation is 1. The Morgan fingerprint density at radius 2 is 1.57 bits per heavy atom. The van der Waals surface area contributed by atoms with E-state index in [0.29, 0.717) is 22.8 Å². The second-order valence-corrected chi connectivity index (χ2v) is 5.35. The first kappa shape index (κ1) is 17.0. The van der Waals surface area contributed by atoms with Gasteiger partial charge in [-0.1, -0.05) is 13.3 Å². The lowest BCUT2D eigenvalue weighted by Crippen LogP contribution is -1.95. The number of hydrogen-bond donors (Lipinski definition) is 1. The second-order valence-electron chi connectivity index (χ2n) is 5.35. The van der Waals surface area contributed by atoms with Gasteiger partial charge in [0.05, 0.1) is 21.3 Å². The highest BCUT2D eigenvalue weighted by Gasteiger charge is 2.16. The molecule has 0 aliphatic heterocycles. The summed E-state index contributed by atoms with van der Waals surface area (Å²) in [6.07, 6.45) is 2.88. The van der Waals surface area contributed by atoms with Crippen molar-refractivity contribution in [3.63, 3.8) is 0 Å². The maximum atomic E-state index is 10.7. The molecule has 124 valence electrons. The van der Waals surface area contributed by atoms with Gasteiger partial charge in [0.15, 0.2) is 0 Å². The highest BCUT2D eigenvalue weighted by molar-refractivity contribution is 5.79. The van der Waals surface area contributed by atoms with Crippen molar-refractivity contribution < 1.29 is 19.3 Å². The second kappa shape index (κ2) is 7.77. The van der Waals surface area contributed by atoms with Crippen molar-refractivity contribution in [3.05, 3.63) is 35.9 Å². The van der Waals surface area contributed by atoms with E-state index in [2.05, 4.69) is 6.92 Å². The van der Waals surface area contributed by atoms with Crippen LogP contribution in [-0.4, -0.2) is 26.4 Å². The van der Waals surface area contributed by atoms with Crippen molar-refractivity contribution in [3.8, 4) is 34.1 Å². The van der Waals surface area contributed by atoms with Crippen LogP contribution in [0.5, 0.6) is 23.0 Å². The molecule has 0 saturated heterocycles. The molecule has 0 atom stereocenters. The van der Waals surface area contributed by atoms with E-state index in [1.165, 1.54) is 0 Å². The number of aromatic hydroxyl groups is 1. The number of phenols is 1. The van der Waals surface area contributed by atoms with Gasteiger partial charge in [-0.15, -0.1) is 0 Å². The third-order valence-corrected chi connectivity index (χ3v) is 3.89. The van der Waals surface area contributed by atoms with E-state index in [9.17, 15) is 5.11 Å². The summed E-state index contributed by atoms with van der Waals surface area (Å²) in [5.74, 6) is 2.37. The summed E-state index contributed by atoms with van der Waals surface area (Å²) < 4.78 is 16.1. The van der Waals surface area contributed by atoms with Crippen LogP contribution in [0.1, 0.15) is 25.3 Å². The van der Waals surface area contributed by atoms with E-state index in [-0.39, 0.29) is 5.75 Å². The van der Waals surface area contributed by atoms with Gasteiger partial charge in [-0.3, -0.25) is 0 Å². The molecule has 0 radical (unpaired) electrons. The van der Waals surface area contributed by atoms with Crippen LogP contribution >= 0.6 is 0 Å². The van der Waals surface area contributed by atoms with Crippen molar-refractivity contribution >= 4 is 0 Å². The van der Waals surface area contributed by atoms with Crippen molar-refractivity contribution in [1.29, 1.82) is 0 Å². The predicted octanol–water partition coefficient (Wildman–Crippen LogP) is 4.43. The van der Waals surface area contributed by atoms with Crippen LogP contribution in [0, 0.1) is 0 Å². The molecule has 0 heterocycles. The molecular formula is C19H24O4. The average Bonchev–Trinajstić information content (AvgIpc) is 2.60. The van der Waals surface area contributed by atoms with Crippen molar-refractivity contribution in [2.75, 3.05) is 21.3 Å². The van der Waals surface area contributed by atoms with E-state index in [1.54, 1.807) is 21.3 Å². The maximum absolute atomic E-state index is 10.7. The van der Waals surface area contributed by atoms with Gasteiger partial charge >= 0.3 is 0 Å². The Morgan fingerprint density at radius 3 is 2.17 bits per heavy atom. The van der Waals surface area contributed by atoms with Gasteiger partial charge in [-0.25, -0.2) is 0 Å². The molecule has 0 bridgehead atoms. The number of ether oxygens (including phenoxy) is 3. The third-order valence-electron chi connectivity index (χ3n) is 3.89. The highest BCUT2D eigenvalue weighted by Crippen LogP contribution is 2.42. The Bertz CT molecular complexity index is 665. The van der Waals surface area contributed by atoms with Crippen LogP contribution in [0.4, 0.5) is 0 Å². The Kier molecular flexibility index (Phi) is 5.74. The van der Waals surface area contributed by atoms with Gasteiger partial charge in [0.1, 0.15) is 23.0 Å². The SMILES string of the molecule is CCCCc1cc(OC)cc(-c2cc(OC)ccc2OC)c1O.